The number of morpholine rings is 1. The van der Waals surface area contributed by atoms with E-state index < -0.39 is 0 Å². The van der Waals surface area contributed by atoms with Crippen LogP contribution in [0.2, 0.25) is 0 Å². The predicted octanol–water partition coefficient (Wildman–Crippen LogP) is 1.77. The molecule has 0 saturated carbocycles. The van der Waals surface area contributed by atoms with Crippen LogP contribution in [-0.4, -0.2) is 32.4 Å². The van der Waals surface area contributed by atoms with Gasteiger partial charge >= 0.3 is 0 Å². The van der Waals surface area contributed by atoms with Crippen LogP contribution in [0.1, 0.15) is 30.5 Å². The van der Waals surface area contributed by atoms with E-state index in [0.29, 0.717) is 12.6 Å². The maximum Gasteiger partial charge on any atom is 0.122 e. The number of hydrogen-bond acceptors (Lipinski definition) is 4. The Labute approximate surface area is 115 Å². The van der Waals surface area contributed by atoms with Gasteiger partial charge in [0, 0.05) is 18.6 Å². The lowest BCUT2D eigenvalue weighted by Gasteiger charge is -2.26. The molecule has 1 saturated heterocycles. The number of nitrogens with one attached hydrogen (secondary N) is 1. The average molecular weight is 264 g/mol. The van der Waals surface area contributed by atoms with E-state index >= 15 is 0 Å². The molecule has 2 atom stereocenters. The van der Waals surface area contributed by atoms with E-state index in [9.17, 15) is 0 Å². The molecule has 4 heteroatoms. The molecular weight excluding hydrogens is 240 g/mol. The number of benzene rings is 1. The predicted molar refractivity (Wildman–Crippen MR) is 76.5 cm³/mol. The molecule has 0 aromatic heterocycles. The second-order valence-corrected chi connectivity index (χ2v) is 5.03. The summed E-state index contributed by atoms with van der Waals surface area (Å²) in [6.07, 6.45) is 0.896. The van der Waals surface area contributed by atoms with Crippen LogP contribution < -0.4 is 15.8 Å². The molecule has 1 aliphatic rings. The van der Waals surface area contributed by atoms with Crippen molar-refractivity contribution < 1.29 is 9.47 Å². The normalized spacial score (nSPS) is 21.1. The zero-order valence-electron chi connectivity index (χ0n) is 11.8. The Morgan fingerprint density at radius 3 is 3.00 bits per heavy atom. The Kier molecular flexibility index (Phi) is 5.19. The minimum Gasteiger partial charge on any atom is -0.494 e. The Morgan fingerprint density at radius 1 is 1.53 bits per heavy atom. The molecule has 0 bridgehead atoms. The van der Waals surface area contributed by atoms with Crippen molar-refractivity contribution in [2.75, 3.05) is 26.4 Å². The van der Waals surface area contributed by atoms with Crippen molar-refractivity contribution in [2.24, 2.45) is 5.73 Å². The van der Waals surface area contributed by atoms with E-state index in [1.807, 2.05) is 13.0 Å². The first-order valence-corrected chi connectivity index (χ1v) is 7.00. The minimum atomic E-state index is 0.0357. The van der Waals surface area contributed by atoms with Crippen molar-refractivity contribution in [1.82, 2.24) is 5.32 Å². The molecule has 1 aromatic carbocycles. The number of rotatable bonds is 5. The summed E-state index contributed by atoms with van der Waals surface area (Å²) < 4.78 is 11.0. The van der Waals surface area contributed by atoms with Crippen LogP contribution in [0.3, 0.4) is 0 Å². The third kappa shape index (κ3) is 3.93. The molecule has 106 valence electrons. The molecule has 0 spiro atoms. The standard InChI is InChI=1S/C15H24N2O2/c1-3-19-15-5-4-12(8-11(15)2)14(16)9-13-10-18-7-6-17-13/h4-5,8,13-14,17H,3,6-7,9-10,16H2,1-2H3. The lowest BCUT2D eigenvalue weighted by Crippen LogP contribution is -2.42. The smallest absolute Gasteiger partial charge is 0.122 e. The molecule has 2 unspecified atom stereocenters. The second-order valence-electron chi connectivity index (χ2n) is 5.03. The summed E-state index contributed by atoms with van der Waals surface area (Å²) in [4.78, 5) is 0. The quantitative estimate of drug-likeness (QED) is 0.851. The Bertz CT molecular complexity index is 403. The highest BCUT2D eigenvalue weighted by Gasteiger charge is 2.18. The zero-order valence-corrected chi connectivity index (χ0v) is 11.8. The van der Waals surface area contributed by atoms with Gasteiger partial charge in [-0.15, -0.1) is 0 Å². The molecule has 2 rings (SSSR count). The SMILES string of the molecule is CCOc1ccc(C(N)CC2COCCN2)cc1C. The maximum atomic E-state index is 6.28. The molecular formula is C15H24N2O2. The molecule has 19 heavy (non-hydrogen) atoms. The summed E-state index contributed by atoms with van der Waals surface area (Å²) in [6.45, 7) is 7.21. The van der Waals surface area contributed by atoms with Crippen LogP contribution >= 0.6 is 0 Å². The molecule has 1 aromatic rings. The van der Waals surface area contributed by atoms with Gasteiger partial charge in [-0.25, -0.2) is 0 Å². The summed E-state index contributed by atoms with van der Waals surface area (Å²) in [5.74, 6) is 0.942. The molecule has 1 aliphatic heterocycles. The number of nitrogens with two attached hydrogens (primary N) is 1. The first-order valence-electron chi connectivity index (χ1n) is 7.00. The van der Waals surface area contributed by atoms with Crippen LogP contribution in [0.4, 0.5) is 0 Å². The number of ether oxygens (including phenoxy) is 2. The van der Waals surface area contributed by atoms with Crippen molar-refractivity contribution in [2.45, 2.75) is 32.4 Å². The molecule has 1 fully saturated rings. The summed E-state index contributed by atoms with van der Waals surface area (Å²) >= 11 is 0. The fourth-order valence-corrected chi connectivity index (χ4v) is 2.43. The van der Waals surface area contributed by atoms with E-state index in [-0.39, 0.29) is 6.04 Å². The summed E-state index contributed by atoms with van der Waals surface area (Å²) in [5, 5.41) is 3.44. The van der Waals surface area contributed by atoms with Gasteiger partial charge in [0.05, 0.1) is 19.8 Å². The van der Waals surface area contributed by atoms with Crippen LogP contribution in [0, 0.1) is 6.92 Å². The third-order valence-electron chi connectivity index (χ3n) is 3.46. The van der Waals surface area contributed by atoms with Gasteiger partial charge in [0.15, 0.2) is 0 Å². The number of aryl methyl sites for hydroxylation is 1. The number of hydrogen-bond donors (Lipinski definition) is 2. The van der Waals surface area contributed by atoms with Gasteiger partial charge in [-0.3, -0.25) is 0 Å². The van der Waals surface area contributed by atoms with Crippen LogP contribution in [-0.2, 0) is 4.74 Å². The summed E-state index contributed by atoms with van der Waals surface area (Å²) in [7, 11) is 0. The van der Waals surface area contributed by atoms with Gasteiger partial charge < -0.3 is 20.5 Å². The maximum absolute atomic E-state index is 6.28. The molecule has 0 amide bonds. The van der Waals surface area contributed by atoms with Crippen molar-refractivity contribution in [3.8, 4) is 5.75 Å². The lowest BCUT2D eigenvalue weighted by molar-refractivity contribution is 0.0720. The van der Waals surface area contributed by atoms with Crippen LogP contribution in [0.5, 0.6) is 5.75 Å². The highest BCUT2D eigenvalue weighted by molar-refractivity contribution is 5.37. The van der Waals surface area contributed by atoms with Crippen molar-refractivity contribution in [1.29, 1.82) is 0 Å². The van der Waals surface area contributed by atoms with E-state index in [4.69, 9.17) is 15.2 Å². The first-order chi connectivity index (χ1) is 9.20. The second kappa shape index (κ2) is 6.89. The van der Waals surface area contributed by atoms with Crippen molar-refractivity contribution in [3.05, 3.63) is 29.3 Å². The summed E-state index contributed by atoms with van der Waals surface area (Å²) in [6, 6.07) is 6.59. The highest BCUT2D eigenvalue weighted by atomic mass is 16.5. The molecule has 0 radical (unpaired) electrons. The zero-order chi connectivity index (χ0) is 13.7. The van der Waals surface area contributed by atoms with E-state index in [2.05, 4.69) is 24.4 Å². The molecule has 1 heterocycles. The van der Waals surface area contributed by atoms with Gasteiger partial charge in [-0.05, 0) is 37.5 Å². The summed E-state index contributed by atoms with van der Waals surface area (Å²) in [5.41, 5.74) is 8.58. The van der Waals surface area contributed by atoms with Crippen molar-refractivity contribution in [3.63, 3.8) is 0 Å². The first kappa shape index (κ1) is 14.3. The fourth-order valence-electron chi connectivity index (χ4n) is 2.43. The molecule has 4 nitrogen and oxygen atoms in total. The topological polar surface area (TPSA) is 56.5 Å². The van der Waals surface area contributed by atoms with Gasteiger partial charge in [0.1, 0.15) is 5.75 Å². The fraction of sp³-hybridized carbons (Fsp3) is 0.600. The highest BCUT2D eigenvalue weighted by Crippen LogP contribution is 2.24. The monoisotopic (exact) mass is 264 g/mol. The third-order valence-corrected chi connectivity index (χ3v) is 3.46. The Hall–Kier alpha value is -1.10. The van der Waals surface area contributed by atoms with E-state index in [0.717, 1.165) is 43.1 Å². The minimum absolute atomic E-state index is 0.0357. The van der Waals surface area contributed by atoms with Gasteiger partial charge in [0.2, 0.25) is 0 Å². The Balaban J connectivity index is 1.98. The van der Waals surface area contributed by atoms with E-state index in [1.165, 1.54) is 0 Å². The van der Waals surface area contributed by atoms with Gasteiger partial charge in [0.25, 0.3) is 0 Å². The van der Waals surface area contributed by atoms with E-state index in [1.54, 1.807) is 0 Å². The average Bonchev–Trinajstić information content (AvgIpc) is 2.42. The largest absolute Gasteiger partial charge is 0.494 e. The van der Waals surface area contributed by atoms with Crippen LogP contribution in [0.25, 0.3) is 0 Å². The van der Waals surface area contributed by atoms with Crippen LogP contribution in [0.15, 0.2) is 18.2 Å². The molecule has 3 N–H and O–H groups in total. The molecule has 0 aliphatic carbocycles. The van der Waals surface area contributed by atoms with Gasteiger partial charge in [-0.2, -0.15) is 0 Å². The Morgan fingerprint density at radius 2 is 2.37 bits per heavy atom. The lowest BCUT2D eigenvalue weighted by atomic mass is 9.98. The van der Waals surface area contributed by atoms with Gasteiger partial charge in [-0.1, -0.05) is 12.1 Å². The van der Waals surface area contributed by atoms with Crippen molar-refractivity contribution >= 4 is 0 Å².